The predicted molar refractivity (Wildman–Crippen MR) is 72.2 cm³/mol. The molecular formula is C15H20O4. The quantitative estimate of drug-likeness (QED) is 0.585. The van der Waals surface area contributed by atoms with E-state index < -0.39 is 11.9 Å². The number of unbranched alkanes of at least 4 members (excludes halogenated alkanes) is 1. The van der Waals surface area contributed by atoms with Gasteiger partial charge in [0.05, 0.1) is 23.8 Å². The maximum atomic E-state index is 11.9. The van der Waals surface area contributed by atoms with Crippen LogP contribution in [0.3, 0.4) is 0 Å². The first kappa shape index (κ1) is 15.2. The van der Waals surface area contributed by atoms with Crippen LogP contribution in [0.25, 0.3) is 0 Å². The Bertz CT molecular complexity index is 438. The van der Waals surface area contributed by atoms with E-state index in [0.717, 1.165) is 12.8 Å². The molecule has 0 N–H and O–H groups in total. The van der Waals surface area contributed by atoms with Gasteiger partial charge in [0.25, 0.3) is 0 Å². The molecule has 1 aromatic rings. The Morgan fingerprint density at radius 2 is 1.68 bits per heavy atom. The fourth-order valence-electron chi connectivity index (χ4n) is 1.50. The van der Waals surface area contributed by atoms with Gasteiger partial charge < -0.3 is 9.47 Å². The lowest BCUT2D eigenvalue weighted by Crippen LogP contribution is -2.17. The van der Waals surface area contributed by atoms with Gasteiger partial charge in [0.1, 0.15) is 0 Å². The highest BCUT2D eigenvalue weighted by Crippen LogP contribution is 2.13. The Morgan fingerprint density at radius 1 is 1.11 bits per heavy atom. The van der Waals surface area contributed by atoms with Crippen LogP contribution in [0.15, 0.2) is 24.3 Å². The van der Waals surface area contributed by atoms with Gasteiger partial charge in [-0.2, -0.15) is 0 Å². The molecule has 0 aromatic heterocycles. The summed E-state index contributed by atoms with van der Waals surface area (Å²) in [6.45, 7) is 5.91. The van der Waals surface area contributed by atoms with Crippen molar-refractivity contribution in [1.29, 1.82) is 0 Å². The topological polar surface area (TPSA) is 52.6 Å². The molecule has 0 heterocycles. The zero-order chi connectivity index (χ0) is 14.3. The normalized spacial score (nSPS) is 10.3. The number of benzene rings is 1. The molecule has 0 fully saturated rings. The van der Waals surface area contributed by atoms with Gasteiger partial charge in [0, 0.05) is 0 Å². The SMILES string of the molecule is CCCCOC(=O)c1ccccc1C(=O)OC(C)C. The molecule has 0 bridgehead atoms. The molecule has 1 rings (SSSR count). The number of ether oxygens (including phenoxy) is 2. The highest BCUT2D eigenvalue weighted by molar-refractivity contribution is 6.03. The summed E-state index contributed by atoms with van der Waals surface area (Å²) < 4.78 is 10.2. The second kappa shape index (κ2) is 7.56. The van der Waals surface area contributed by atoms with Gasteiger partial charge in [-0.3, -0.25) is 0 Å². The number of rotatable bonds is 6. The third kappa shape index (κ3) is 4.73. The first-order valence-electron chi connectivity index (χ1n) is 6.53. The van der Waals surface area contributed by atoms with Crippen LogP contribution in [0, 0.1) is 0 Å². The van der Waals surface area contributed by atoms with Crippen LogP contribution >= 0.6 is 0 Å². The molecule has 0 atom stereocenters. The summed E-state index contributed by atoms with van der Waals surface area (Å²) in [7, 11) is 0. The van der Waals surface area contributed by atoms with Gasteiger partial charge in [-0.15, -0.1) is 0 Å². The smallest absolute Gasteiger partial charge is 0.339 e. The number of carbonyl (C=O) groups is 2. The van der Waals surface area contributed by atoms with Crippen molar-refractivity contribution < 1.29 is 19.1 Å². The van der Waals surface area contributed by atoms with E-state index in [-0.39, 0.29) is 17.2 Å². The largest absolute Gasteiger partial charge is 0.462 e. The van der Waals surface area contributed by atoms with Crippen LogP contribution in [0.5, 0.6) is 0 Å². The molecule has 0 saturated carbocycles. The number of hydrogen-bond donors (Lipinski definition) is 0. The van der Waals surface area contributed by atoms with Gasteiger partial charge in [0.15, 0.2) is 0 Å². The van der Waals surface area contributed by atoms with Crippen LogP contribution in [-0.2, 0) is 9.47 Å². The van der Waals surface area contributed by atoms with Crippen LogP contribution in [0.4, 0.5) is 0 Å². The van der Waals surface area contributed by atoms with Gasteiger partial charge in [-0.05, 0) is 32.4 Å². The van der Waals surface area contributed by atoms with E-state index in [1.807, 2.05) is 6.92 Å². The summed E-state index contributed by atoms with van der Waals surface area (Å²) in [6.07, 6.45) is 1.53. The van der Waals surface area contributed by atoms with Crippen molar-refractivity contribution in [1.82, 2.24) is 0 Å². The van der Waals surface area contributed by atoms with E-state index >= 15 is 0 Å². The minimum atomic E-state index is -0.502. The molecule has 0 aliphatic carbocycles. The molecule has 0 aliphatic rings. The Labute approximate surface area is 113 Å². The molecular weight excluding hydrogens is 244 g/mol. The molecule has 104 valence electrons. The highest BCUT2D eigenvalue weighted by atomic mass is 16.5. The molecule has 4 nitrogen and oxygen atoms in total. The highest BCUT2D eigenvalue weighted by Gasteiger charge is 2.19. The first-order valence-corrected chi connectivity index (χ1v) is 6.53. The van der Waals surface area contributed by atoms with Gasteiger partial charge >= 0.3 is 11.9 Å². The lowest BCUT2D eigenvalue weighted by atomic mass is 10.1. The summed E-state index contributed by atoms with van der Waals surface area (Å²) in [5, 5.41) is 0. The molecule has 1 aromatic carbocycles. The van der Waals surface area contributed by atoms with E-state index in [4.69, 9.17) is 9.47 Å². The Hall–Kier alpha value is -1.84. The minimum Gasteiger partial charge on any atom is -0.462 e. The monoisotopic (exact) mass is 264 g/mol. The number of esters is 2. The third-order valence-corrected chi connectivity index (χ3v) is 2.44. The van der Waals surface area contributed by atoms with Crippen molar-refractivity contribution >= 4 is 11.9 Å². The van der Waals surface area contributed by atoms with E-state index in [9.17, 15) is 9.59 Å². The van der Waals surface area contributed by atoms with Crippen molar-refractivity contribution in [2.75, 3.05) is 6.61 Å². The Balaban J connectivity index is 2.83. The zero-order valence-corrected chi connectivity index (χ0v) is 11.6. The average Bonchev–Trinajstić information content (AvgIpc) is 2.38. The van der Waals surface area contributed by atoms with Crippen LogP contribution < -0.4 is 0 Å². The first-order chi connectivity index (χ1) is 9.06. The minimum absolute atomic E-state index is 0.225. The van der Waals surface area contributed by atoms with Crippen LogP contribution in [0.2, 0.25) is 0 Å². The van der Waals surface area contributed by atoms with Crippen molar-refractivity contribution in [2.24, 2.45) is 0 Å². The van der Waals surface area contributed by atoms with Crippen molar-refractivity contribution in [3.63, 3.8) is 0 Å². The summed E-state index contributed by atoms with van der Waals surface area (Å²) >= 11 is 0. The summed E-state index contributed by atoms with van der Waals surface area (Å²) in [6, 6.07) is 6.54. The molecule has 0 radical (unpaired) electrons. The third-order valence-electron chi connectivity index (χ3n) is 2.44. The zero-order valence-electron chi connectivity index (χ0n) is 11.6. The second-order valence-corrected chi connectivity index (χ2v) is 4.49. The lowest BCUT2D eigenvalue weighted by molar-refractivity contribution is 0.0361. The second-order valence-electron chi connectivity index (χ2n) is 4.49. The summed E-state index contributed by atoms with van der Waals surface area (Å²) in [4.78, 5) is 23.8. The van der Waals surface area contributed by atoms with Gasteiger partial charge in [0.2, 0.25) is 0 Å². The standard InChI is InChI=1S/C15H20O4/c1-4-5-10-18-14(16)12-8-6-7-9-13(12)15(17)19-11(2)3/h6-9,11H,4-5,10H2,1-3H3. The van der Waals surface area contributed by atoms with E-state index in [0.29, 0.717) is 6.61 Å². The fraction of sp³-hybridized carbons (Fsp3) is 0.467. The predicted octanol–water partition coefficient (Wildman–Crippen LogP) is 3.21. The van der Waals surface area contributed by atoms with Crippen molar-refractivity contribution in [3.05, 3.63) is 35.4 Å². The Morgan fingerprint density at radius 3 is 2.21 bits per heavy atom. The van der Waals surface area contributed by atoms with E-state index in [1.54, 1.807) is 38.1 Å². The van der Waals surface area contributed by atoms with E-state index in [1.165, 1.54) is 0 Å². The van der Waals surface area contributed by atoms with Gasteiger partial charge in [-0.25, -0.2) is 9.59 Å². The fourth-order valence-corrected chi connectivity index (χ4v) is 1.50. The molecule has 0 saturated heterocycles. The van der Waals surface area contributed by atoms with Crippen LogP contribution in [-0.4, -0.2) is 24.6 Å². The molecule has 4 heteroatoms. The molecule has 0 spiro atoms. The van der Waals surface area contributed by atoms with Crippen LogP contribution in [0.1, 0.15) is 54.3 Å². The van der Waals surface area contributed by atoms with E-state index in [2.05, 4.69) is 0 Å². The summed E-state index contributed by atoms with van der Waals surface area (Å²) in [5.74, 6) is -0.984. The molecule has 0 aliphatic heterocycles. The maximum Gasteiger partial charge on any atom is 0.339 e. The van der Waals surface area contributed by atoms with Crippen molar-refractivity contribution in [3.8, 4) is 0 Å². The number of carbonyl (C=O) groups excluding carboxylic acids is 2. The average molecular weight is 264 g/mol. The maximum absolute atomic E-state index is 11.9. The molecule has 19 heavy (non-hydrogen) atoms. The lowest BCUT2D eigenvalue weighted by Gasteiger charge is -2.11. The summed E-state index contributed by atoms with van der Waals surface area (Å²) in [5.41, 5.74) is 0.502. The molecule has 0 unspecified atom stereocenters. The Kier molecular flexibility index (Phi) is 6.06. The molecule has 0 amide bonds. The number of hydrogen-bond acceptors (Lipinski definition) is 4. The van der Waals surface area contributed by atoms with Crippen molar-refractivity contribution in [2.45, 2.75) is 39.7 Å². The van der Waals surface area contributed by atoms with Gasteiger partial charge in [-0.1, -0.05) is 25.5 Å².